The van der Waals surface area contributed by atoms with Crippen molar-refractivity contribution in [3.8, 4) is 0 Å². The lowest BCUT2D eigenvalue weighted by Crippen LogP contribution is -2.43. The zero-order chi connectivity index (χ0) is 13.4. The number of carbonyl (C=O) groups excluding carboxylic acids is 2. The van der Waals surface area contributed by atoms with Gasteiger partial charge < -0.3 is 9.80 Å². The number of hydrogen-bond acceptors (Lipinski definition) is 2. The maximum absolute atomic E-state index is 12.5. The molecule has 3 rings (SSSR count). The summed E-state index contributed by atoms with van der Waals surface area (Å²) in [5, 5.41) is 0. The SMILES string of the molecule is CN1CC[C@@H]2CN(C(=O)C3CCCCC3)C[C@@H]2C1=O. The van der Waals surface area contributed by atoms with E-state index in [4.69, 9.17) is 0 Å². The van der Waals surface area contributed by atoms with Crippen LogP contribution in [0.5, 0.6) is 0 Å². The first-order chi connectivity index (χ1) is 9.16. The Morgan fingerprint density at radius 2 is 1.84 bits per heavy atom. The summed E-state index contributed by atoms with van der Waals surface area (Å²) in [4.78, 5) is 28.5. The average molecular weight is 264 g/mol. The molecular formula is C15H24N2O2. The van der Waals surface area contributed by atoms with Gasteiger partial charge in [-0.15, -0.1) is 0 Å². The largest absolute Gasteiger partial charge is 0.345 e. The van der Waals surface area contributed by atoms with Gasteiger partial charge in [-0.1, -0.05) is 19.3 Å². The molecule has 106 valence electrons. The van der Waals surface area contributed by atoms with Gasteiger partial charge in [-0.05, 0) is 25.2 Å². The molecule has 3 aliphatic rings. The number of likely N-dealkylation sites (tertiary alicyclic amines) is 2. The quantitative estimate of drug-likeness (QED) is 0.720. The Balaban J connectivity index is 1.64. The third-order valence-corrected chi connectivity index (χ3v) is 5.24. The van der Waals surface area contributed by atoms with Crippen LogP contribution in [0.15, 0.2) is 0 Å². The monoisotopic (exact) mass is 264 g/mol. The molecule has 2 atom stereocenters. The van der Waals surface area contributed by atoms with Gasteiger partial charge in [-0.3, -0.25) is 9.59 Å². The second kappa shape index (κ2) is 5.14. The molecule has 0 N–H and O–H groups in total. The minimum absolute atomic E-state index is 0.0753. The van der Waals surface area contributed by atoms with Crippen LogP contribution in [0.4, 0.5) is 0 Å². The number of rotatable bonds is 1. The summed E-state index contributed by atoms with van der Waals surface area (Å²) in [6.45, 7) is 2.34. The highest BCUT2D eigenvalue weighted by atomic mass is 16.2. The molecule has 0 bridgehead atoms. The highest BCUT2D eigenvalue weighted by molar-refractivity contribution is 5.84. The van der Waals surface area contributed by atoms with Crippen LogP contribution < -0.4 is 0 Å². The van der Waals surface area contributed by atoms with Gasteiger partial charge in [0, 0.05) is 32.6 Å². The summed E-state index contributed by atoms with van der Waals surface area (Å²) < 4.78 is 0. The van der Waals surface area contributed by atoms with E-state index in [1.54, 1.807) is 0 Å². The predicted octanol–water partition coefficient (Wildman–Crippen LogP) is 1.50. The van der Waals surface area contributed by atoms with Gasteiger partial charge >= 0.3 is 0 Å². The van der Waals surface area contributed by atoms with Crippen molar-refractivity contribution in [2.24, 2.45) is 17.8 Å². The van der Waals surface area contributed by atoms with Gasteiger partial charge in [-0.25, -0.2) is 0 Å². The van der Waals surface area contributed by atoms with Gasteiger partial charge in [0.25, 0.3) is 0 Å². The molecular weight excluding hydrogens is 240 g/mol. The molecule has 1 saturated carbocycles. The number of piperidine rings is 1. The Labute approximate surface area is 115 Å². The van der Waals surface area contributed by atoms with Crippen LogP contribution in [0.3, 0.4) is 0 Å². The molecule has 0 unspecified atom stereocenters. The lowest BCUT2D eigenvalue weighted by molar-refractivity contribution is -0.138. The summed E-state index contributed by atoms with van der Waals surface area (Å²) in [5.74, 6) is 1.30. The first-order valence-electron chi connectivity index (χ1n) is 7.70. The molecule has 0 radical (unpaired) electrons. The molecule has 0 aromatic rings. The number of fused-ring (bicyclic) bond motifs is 1. The van der Waals surface area contributed by atoms with E-state index in [0.717, 1.165) is 32.4 Å². The van der Waals surface area contributed by atoms with Crippen LogP contribution in [0.2, 0.25) is 0 Å². The third-order valence-electron chi connectivity index (χ3n) is 5.24. The Morgan fingerprint density at radius 1 is 1.11 bits per heavy atom. The van der Waals surface area contributed by atoms with Crippen molar-refractivity contribution in [3.63, 3.8) is 0 Å². The molecule has 2 amide bonds. The molecule has 19 heavy (non-hydrogen) atoms. The molecule has 0 spiro atoms. The normalized spacial score (nSPS) is 32.6. The first kappa shape index (κ1) is 12.9. The zero-order valence-electron chi connectivity index (χ0n) is 11.8. The second-order valence-corrected chi connectivity index (χ2v) is 6.49. The van der Waals surface area contributed by atoms with Crippen LogP contribution in [0.25, 0.3) is 0 Å². The predicted molar refractivity (Wildman–Crippen MR) is 72.4 cm³/mol. The Morgan fingerprint density at radius 3 is 2.58 bits per heavy atom. The van der Waals surface area contributed by atoms with Crippen LogP contribution in [-0.2, 0) is 9.59 Å². The molecule has 2 heterocycles. The number of carbonyl (C=O) groups is 2. The van der Waals surface area contributed by atoms with Crippen molar-refractivity contribution >= 4 is 11.8 Å². The fraction of sp³-hybridized carbons (Fsp3) is 0.867. The van der Waals surface area contributed by atoms with Crippen molar-refractivity contribution in [2.45, 2.75) is 38.5 Å². The first-order valence-corrected chi connectivity index (χ1v) is 7.70. The van der Waals surface area contributed by atoms with Crippen molar-refractivity contribution in [2.75, 3.05) is 26.7 Å². The minimum atomic E-state index is 0.0753. The van der Waals surface area contributed by atoms with E-state index in [1.165, 1.54) is 19.3 Å². The van der Waals surface area contributed by atoms with E-state index < -0.39 is 0 Å². The summed E-state index contributed by atoms with van der Waals surface area (Å²) in [7, 11) is 1.88. The van der Waals surface area contributed by atoms with Gasteiger partial charge in [0.15, 0.2) is 0 Å². The van der Waals surface area contributed by atoms with Gasteiger partial charge in [0.2, 0.25) is 11.8 Å². The standard InChI is InChI=1S/C15H24N2O2/c1-16-8-7-12-9-17(10-13(12)15(16)19)14(18)11-5-3-2-4-6-11/h11-13H,2-10H2,1H3/t12-,13+/m1/s1. The molecule has 0 aromatic heterocycles. The third kappa shape index (κ3) is 2.37. The van der Waals surface area contributed by atoms with Gasteiger partial charge in [0.1, 0.15) is 0 Å². The highest BCUT2D eigenvalue weighted by Crippen LogP contribution is 2.34. The Bertz CT molecular complexity index is 376. The van der Waals surface area contributed by atoms with Crippen molar-refractivity contribution in [1.29, 1.82) is 0 Å². The average Bonchev–Trinajstić information content (AvgIpc) is 2.88. The maximum Gasteiger partial charge on any atom is 0.227 e. The summed E-state index contributed by atoms with van der Waals surface area (Å²) >= 11 is 0. The molecule has 0 aromatic carbocycles. The lowest BCUT2D eigenvalue weighted by atomic mass is 9.88. The molecule has 4 heteroatoms. The Hall–Kier alpha value is -1.06. The highest BCUT2D eigenvalue weighted by Gasteiger charge is 2.44. The molecule has 2 saturated heterocycles. The number of amides is 2. The maximum atomic E-state index is 12.5. The Kier molecular flexibility index (Phi) is 3.50. The van der Waals surface area contributed by atoms with Gasteiger partial charge in [0.05, 0.1) is 5.92 Å². The second-order valence-electron chi connectivity index (χ2n) is 6.49. The van der Waals surface area contributed by atoms with E-state index in [1.807, 2.05) is 16.8 Å². The van der Waals surface area contributed by atoms with Crippen LogP contribution >= 0.6 is 0 Å². The fourth-order valence-corrected chi connectivity index (χ4v) is 3.98. The van der Waals surface area contributed by atoms with Gasteiger partial charge in [-0.2, -0.15) is 0 Å². The summed E-state index contributed by atoms with van der Waals surface area (Å²) in [6, 6.07) is 0. The zero-order valence-corrected chi connectivity index (χ0v) is 11.8. The molecule has 1 aliphatic carbocycles. The summed E-state index contributed by atoms with van der Waals surface area (Å²) in [6.07, 6.45) is 6.83. The minimum Gasteiger partial charge on any atom is -0.345 e. The van der Waals surface area contributed by atoms with E-state index in [0.29, 0.717) is 18.4 Å². The van der Waals surface area contributed by atoms with Crippen molar-refractivity contribution in [3.05, 3.63) is 0 Å². The molecule has 4 nitrogen and oxygen atoms in total. The number of nitrogens with zero attached hydrogens (tertiary/aromatic N) is 2. The van der Waals surface area contributed by atoms with E-state index >= 15 is 0 Å². The lowest BCUT2D eigenvalue weighted by Gasteiger charge is -2.30. The molecule has 2 aliphatic heterocycles. The summed E-state index contributed by atoms with van der Waals surface area (Å²) in [5.41, 5.74) is 0. The van der Waals surface area contributed by atoms with Crippen LogP contribution in [0.1, 0.15) is 38.5 Å². The van der Waals surface area contributed by atoms with Crippen molar-refractivity contribution < 1.29 is 9.59 Å². The van der Waals surface area contributed by atoms with Crippen molar-refractivity contribution in [1.82, 2.24) is 9.80 Å². The number of hydrogen-bond donors (Lipinski definition) is 0. The van der Waals surface area contributed by atoms with E-state index in [9.17, 15) is 9.59 Å². The van der Waals surface area contributed by atoms with Crippen LogP contribution in [0, 0.1) is 17.8 Å². The fourth-order valence-electron chi connectivity index (χ4n) is 3.98. The van der Waals surface area contributed by atoms with Crippen LogP contribution in [-0.4, -0.2) is 48.3 Å². The topological polar surface area (TPSA) is 40.6 Å². The molecule has 3 fully saturated rings. The van der Waals surface area contributed by atoms with E-state index in [2.05, 4.69) is 0 Å². The van der Waals surface area contributed by atoms with E-state index in [-0.39, 0.29) is 17.7 Å². The smallest absolute Gasteiger partial charge is 0.227 e.